The highest BCUT2D eigenvalue weighted by atomic mass is 79.9. The summed E-state index contributed by atoms with van der Waals surface area (Å²) in [5, 5.41) is 0.493. The van der Waals surface area contributed by atoms with Crippen LogP contribution in [0.5, 0.6) is 0 Å². The number of allylic oxidation sites excluding steroid dienone is 2. The topological polar surface area (TPSA) is 55.8 Å². The molecule has 24 heavy (non-hydrogen) atoms. The lowest BCUT2D eigenvalue weighted by Gasteiger charge is -2.23. The number of hydrogen-bond donors (Lipinski definition) is 0. The fourth-order valence-corrected chi connectivity index (χ4v) is 3.32. The first-order valence-electron chi connectivity index (χ1n) is 6.60. The number of rotatable bonds is 3. The predicted octanol–water partition coefficient (Wildman–Crippen LogP) is 4.36. The van der Waals surface area contributed by atoms with Crippen LogP contribution in [0.1, 0.15) is 0 Å². The molecular weight excluding hydrogens is 465 g/mol. The van der Waals surface area contributed by atoms with Crippen LogP contribution in [0.25, 0.3) is 0 Å². The van der Waals surface area contributed by atoms with Crippen LogP contribution in [-0.2, 0) is 19.1 Å². The summed E-state index contributed by atoms with van der Waals surface area (Å²) < 4.78 is 10.9. The third kappa shape index (κ3) is 3.74. The lowest BCUT2D eigenvalue weighted by Crippen LogP contribution is -2.27. The summed E-state index contributed by atoms with van der Waals surface area (Å²) in [6.45, 7) is 0. The highest BCUT2D eigenvalue weighted by Crippen LogP contribution is 2.37. The van der Waals surface area contributed by atoms with E-state index in [0.29, 0.717) is 19.7 Å². The molecule has 0 atom stereocenters. The molecule has 2 rings (SSSR count). The van der Waals surface area contributed by atoms with E-state index in [4.69, 9.17) is 21.1 Å². The lowest BCUT2D eigenvalue weighted by molar-refractivity contribution is -0.139. The second kappa shape index (κ2) is 8.00. The number of esters is 2. The molecule has 0 aromatic heterocycles. The minimum atomic E-state index is -0.672. The van der Waals surface area contributed by atoms with Gasteiger partial charge in [0.1, 0.15) is 5.70 Å². The molecule has 0 saturated carbocycles. The first-order chi connectivity index (χ1) is 11.4. The Morgan fingerprint density at radius 1 is 1.04 bits per heavy atom. The summed E-state index contributed by atoms with van der Waals surface area (Å²) in [6.07, 6.45) is 6.46. The molecule has 0 saturated heterocycles. The minimum absolute atomic E-state index is 0.0375. The number of hydrogen-bond acceptors (Lipinski definition) is 5. The Bertz CT molecular complexity index is 763. The van der Waals surface area contributed by atoms with Gasteiger partial charge in [-0.05, 0) is 56.1 Å². The van der Waals surface area contributed by atoms with Gasteiger partial charge in [-0.25, -0.2) is 9.59 Å². The highest BCUT2D eigenvalue weighted by Gasteiger charge is 2.28. The number of anilines is 1. The maximum Gasteiger partial charge on any atom is 0.355 e. The molecule has 1 aromatic rings. The lowest BCUT2D eigenvalue weighted by atomic mass is 10.1. The van der Waals surface area contributed by atoms with Crippen LogP contribution >= 0.6 is 43.5 Å². The van der Waals surface area contributed by atoms with Gasteiger partial charge in [0.2, 0.25) is 0 Å². The van der Waals surface area contributed by atoms with Crippen molar-refractivity contribution >= 4 is 61.1 Å². The number of benzene rings is 1. The van der Waals surface area contributed by atoms with Crippen molar-refractivity contribution in [3.8, 4) is 0 Å². The monoisotopic (exact) mass is 475 g/mol. The largest absolute Gasteiger partial charge is 0.465 e. The van der Waals surface area contributed by atoms with E-state index in [2.05, 4.69) is 31.9 Å². The van der Waals surface area contributed by atoms with Crippen LogP contribution in [0.3, 0.4) is 0 Å². The van der Waals surface area contributed by atoms with Crippen LogP contribution in [0.2, 0.25) is 5.02 Å². The fourth-order valence-electron chi connectivity index (χ4n) is 2.05. The molecule has 1 aromatic carbocycles. The van der Waals surface area contributed by atoms with Crippen LogP contribution < -0.4 is 4.90 Å². The van der Waals surface area contributed by atoms with Crippen molar-refractivity contribution < 1.29 is 19.1 Å². The quantitative estimate of drug-likeness (QED) is 0.479. The average molecular weight is 478 g/mol. The summed E-state index contributed by atoms with van der Waals surface area (Å²) >= 11 is 12.9. The van der Waals surface area contributed by atoms with Gasteiger partial charge in [-0.15, -0.1) is 0 Å². The Balaban J connectivity index is 2.70. The van der Waals surface area contributed by atoms with Crippen LogP contribution in [0.4, 0.5) is 5.69 Å². The summed E-state index contributed by atoms with van der Waals surface area (Å²) in [6, 6.07) is 3.45. The Morgan fingerprint density at radius 3 is 2.17 bits per heavy atom. The van der Waals surface area contributed by atoms with Gasteiger partial charge in [-0.1, -0.05) is 17.7 Å². The maximum atomic E-state index is 12.3. The van der Waals surface area contributed by atoms with Crippen molar-refractivity contribution in [2.24, 2.45) is 0 Å². The van der Waals surface area contributed by atoms with E-state index in [1.807, 2.05) is 0 Å². The Kier molecular flexibility index (Phi) is 6.26. The van der Waals surface area contributed by atoms with Gasteiger partial charge in [0.05, 0.1) is 24.8 Å². The van der Waals surface area contributed by atoms with Gasteiger partial charge in [0.15, 0.2) is 0 Å². The standard InChI is InChI=1S/C16H12Br2ClNO4/c1-23-15(21)10-5-3-4-6-20(14(10)16(22)24-2)9-7-11(17)13(19)12(18)8-9/h3-8H,1-2H3. The van der Waals surface area contributed by atoms with Crippen LogP contribution in [-0.4, -0.2) is 26.2 Å². The number of methoxy groups -OCH3 is 2. The number of nitrogens with zero attached hydrogens (tertiary/aromatic N) is 1. The van der Waals surface area contributed by atoms with Crippen molar-refractivity contribution in [2.45, 2.75) is 0 Å². The van der Waals surface area contributed by atoms with Crippen molar-refractivity contribution in [3.05, 3.63) is 61.8 Å². The Hall–Kier alpha value is -1.57. The summed E-state index contributed by atoms with van der Waals surface area (Å²) in [5.74, 6) is -1.32. The van der Waals surface area contributed by atoms with Gasteiger partial charge < -0.3 is 14.4 Å². The summed E-state index contributed by atoms with van der Waals surface area (Å²) in [7, 11) is 2.49. The average Bonchev–Trinajstić information content (AvgIpc) is 2.80. The van der Waals surface area contributed by atoms with Crippen molar-refractivity contribution in [3.63, 3.8) is 0 Å². The van der Waals surface area contributed by atoms with Crippen LogP contribution in [0, 0.1) is 0 Å². The molecule has 1 heterocycles. The maximum absolute atomic E-state index is 12.3. The van der Waals surface area contributed by atoms with Gasteiger partial charge in [-0.3, -0.25) is 0 Å². The van der Waals surface area contributed by atoms with E-state index in [9.17, 15) is 9.59 Å². The zero-order valence-electron chi connectivity index (χ0n) is 12.7. The van der Waals surface area contributed by atoms with Gasteiger partial charge in [0, 0.05) is 20.8 Å². The molecular formula is C16H12Br2ClNO4. The van der Waals surface area contributed by atoms with Crippen molar-refractivity contribution in [1.29, 1.82) is 0 Å². The molecule has 0 unspecified atom stereocenters. The molecule has 0 bridgehead atoms. The van der Waals surface area contributed by atoms with E-state index in [0.717, 1.165) is 0 Å². The fraction of sp³-hybridized carbons (Fsp3) is 0.125. The molecule has 0 aliphatic carbocycles. The van der Waals surface area contributed by atoms with Crippen LogP contribution in [0.15, 0.2) is 56.8 Å². The first-order valence-corrected chi connectivity index (χ1v) is 8.56. The molecule has 1 aliphatic rings. The molecule has 0 spiro atoms. The first kappa shape index (κ1) is 18.8. The zero-order valence-corrected chi connectivity index (χ0v) is 16.6. The normalized spacial score (nSPS) is 13.8. The number of carbonyl (C=O) groups is 2. The Labute approximate surface area is 160 Å². The molecule has 126 valence electrons. The van der Waals surface area contributed by atoms with Crippen molar-refractivity contribution in [1.82, 2.24) is 0 Å². The third-order valence-electron chi connectivity index (χ3n) is 3.14. The number of ether oxygens (including phenoxy) is 2. The molecule has 5 nitrogen and oxygen atoms in total. The van der Waals surface area contributed by atoms with Gasteiger partial charge in [-0.2, -0.15) is 0 Å². The molecule has 0 fully saturated rings. The van der Waals surface area contributed by atoms with E-state index in [1.54, 1.807) is 30.5 Å². The molecule has 0 amide bonds. The van der Waals surface area contributed by atoms with Gasteiger partial charge >= 0.3 is 11.9 Å². The second-order valence-corrected chi connectivity index (χ2v) is 6.63. The van der Waals surface area contributed by atoms with Gasteiger partial charge in [0.25, 0.3) is 0 Å². The second-order valence-electron chi connectivity index (χ2n) is 4.54. The molecule has 0 N–H and O–H groups in total. The number of halogens is 3. The highest BCUT2D eigenvalue weighted by molar-refractivity contribution is 9.11. The summed E-state index contributed by atoms with van der Waals surface area (Å²) in [5.41, 5.74) is 0.715. The van der Waals surface area contributed by atoms with E-state index >= 15 is 0 Å². The van der Waals surface area contributed by atoms with E-state index < -0.39 is 11.9 Å². The Morgan fingerprint density at radius 2 is 1.62 bits per heavy atom. The zero-order chi connectivity index (χ0) is 17.9. The molecule has 0 radical (unpaired) electrons. The smallest absolute Gasteiger partial charge is 0.355 e. The van der Waals surface area contributed by atoms with Crippen molar-refractivity contribution in [2.75, 3.05) is 19.1 Å². The third-order valence-corrected chi connectivity index (χ3v) is 5.25. The van der Waals surface area contributed by atoms with E-state index in [1.165, 1.54) is 25.2 Å². The molecule has 8 heteroatoms. The predicted molar refractivity (Wildman–Crippen MR) is 98.7 cm³/mol. The minimum Gasteiger partial charge on any atom is -0.465 e. The van der Waals surface area contributed by atoms with E-state index in [-0.39, 0.29) is 11.3 Å². The summed E-state index contributed by atoms with van der Waals surface area (Å²) in [4.78, 5) is 25.9. The number of carbonyl (C=O) groups excluding carboxylic acids is 2. The molecule has 1 aliphatic heterocycles. The SMILES string of the molecule is COC(=O)C1=C(C(=O)OC)N(c2cc(Br)c(Cl)c(Br)c2)C=CC=C1.